The first-order valence-corrected chi connectivity index (χ1v) is 11.1. The average molecular weight is 380 g/mol. The fourth-order valence-electron chi connectivity index (χ4n) is 2.74. The lowest BCUT2D eigenvalue weighted by molar-refractivity contribution is 0.172. The van der Waals surface area contributed by atoms with Crippen LogP contribution in [0, 0.1) is 0 Å². The highest BCUT2D eigenvalue weighted by atomic mass is 32.2. The minimum absolute atomic E-state index is 0.241. The maximum absolute atomic E-state index is 11.9. The smallest absolute Gasteiger partial charge is 0.374 e. The van der Waals surface area contributed by atoms with Gasteiger partial charge in [-0.15, -0.1) is 11.3 Å². The van der Waals surface area contributed by atoms with Gasteiger partial charge in [-0.1, -0.05) is 76.8 Å². The van der Waals surface area contributed by atoms with Gasteiger partial charge in [-0.05, 0) is 18.6 Å². The Kier molecular flexibility index (Phi) is 9.97. The third-order valence-corrected chi connectivity index (χ3v) is 6.04. The van der Waals surface area contributed by atoms with Crippen LogP contribution < -0.4 is 0 Å². The lowest BCUT2D eigenvalue weighted by Gasteiger charge is -2.03. The van der Waals surface area contributed by atoms with Gasteiger partial charge < -0.3 is 4.74 Å². The Morgan fingerprint density at radius 2 is 1.64 bits per heavy atom. The van der Waals surface area contributed by atoms with Crippen molar-refractivity contribution in [3.63, 3.8) is 0 Å². The molecule has 0 N–H and O–H groups in total. The molecule has 0 spiro atoms. The number of hydrogen-bond donors (Lipinski definition) is 0. The lowest BCUT2D eigenvalue weighted by Crippen LogP contribution is -1.99. The van der Waals surface area contributed by atoms with E-state index >= 15 is 0 Å². The zero-order valence-electron chi connectivity index (χ0n) is 15.2. The number of carbonyl (C=O) groups excluding carboxylic acids is 1. The Morgan fingerprint density at radius 3 is 2.32 bits per heavy atom. The van der Waals surface area contributed by atoms with Crippen LogP contribution in [0.2, 0.25) is 0 Å². The van der Waals surface area contributed by atoms with E-state index in [1.165, 1.54) is 62.7 Å². The van der Waals surface area contributed by atoms with Crippen LogP contribution in [-0.2, 0) is 4.74 Å². The number of rotatable bonds is 12. The number of benzene rings is 1. The van der Waals surface area contributed by atoms with Crippen LogP contribution in [0.15, 0.2) is 28.6 Å². The Morgan fingerprint density at radius 1 is 1.00 bits per heavy atom. The molecule has 0 unspecified atom stereocenters. The maximum Gasteiger partial charge on any atom is 0.374 e. The van der Waals surface area contributed by atoms with Crippen molar-refractivity contribution in [1.82, 2.24) is 4.98 Å². The number of unbranched alkanes of at least 4 members (excludes halogenated alkanes) is 9. The molecule has 0 aliphatic rings. The van der Waals surface area contributed by atoms with Crippen LogP contribution >= 0.6 is 23.1 Å². The van der Waals surface area contributed by atoms with Crippen LogP contribution in [0.3, 0.4) is 0 Å². The molecule has 0 bridgehead atoms. The van der Waals surface area contributed by atoms with Gasteiger partial charge in [-0.25, -0.2) is 9.78 Å². The first-order chi connectivity index (χ1) is 12.3. The zero-order valence-corrected chi connectivity index (χ0v) is 16.8. The van der Waals surface area contributed by atoms with Gasteiger partial charge in [0.05, 0.1) is 16.8 Å². The molecule has 0 fully saturated rings. The minimum Gasteiger partial charge on any atom is -0.457 e. The second kappa shape index (κ2) is 12.3. The Balaban J connectivity index is 1.47. The molecule has 0 saturated heterocycles. The fraction of sp³-hybridized carbons (Fsp3) is 0.600. The first-order valence-electron chi connectivity index (χ1n) is 9.50. The third-order valence-electron chi connectivity index (χ3n) is 4.16. The van der Waals surface area contributed by atoms with E-state index < -0.39 is 0 Å². The monoisotopic (exact) mass is 379 g/mol. The van der Waals surface area contributed by atoms with Crippen LogP contribution in [-0.4, -0.2) is 16.9 Å². The summed E-state index contributed by atoms with van der Waals surface area (Å²) in [5.74, 6) is 0. The third kappa shape index (κ3) is 8.23. The average Bonchev–Trinajstić information content (AvgIpc) is 3.01. The van der Waals surface area contributed by atoms with Crippen molar-refractivity contribution in [2.24, 2.45) is 0 Å². The van der Waals surface area contributed by atoms with Gasteiger partial charge in [0.15, 0.2) is 4.34 Å². The van der Waals surface area contributed by atoms with E-state index in [-0.39, 0.29) is 5.30 Å². The van der Waals surface area contributed by atoms with Gasteiger partial charge in [0.25, 0.3) is 0 Å². The predicted octanol–water partition coefficient (Wildman–Crippen LogP) is 7.45. The summed E-state index contributed by atoms with van der Waals surface area (Å²) < 4.78 is 7.17. The first kappa shape index (κ1) is 20.2. The maximum atomic E-state index is 11.9. The van der Waals surface area contributed by atoms with E-state index in [9.17, 15) is 4.79 Å². The van der Waals surface area contributed by atoms with Gasteiger partial charge in [-0.3, -0.25) is 0 Å². The van der Waals surface area contributed by atoms with Crippen molar-refractivity contribution < 1.29 is 9.53 Å². The predicted molar refractivity (Wildman–Crippen MR) is 109 cm³/mol. The molecule has 0 radical (unpaired) electrons. The second-order valence-corrected chi connectivity index (χ2v) is 8.54. The van der Waals surface area contributed by atoms with Crippen LogP contribution in [0.5, 0.6) is 0 Å². The number of nitrogens with zero attached hydrogens (tertiary/aromatic N) is 1. The molecule has 0 amide bonds. The molecular weight excluding hydrogens is 350 g/mol. The van der Waals surface area contributed by atoms with Gasteiger partial charge in [0.1, 0.15) is 0 Å². The van der Waals surface area contributed by atoms with E-state index in [1.54, 1.807) is 0 Å². The van der Waals surface area contributed by atoms with E-state index in [4.69, 9.17) is 4.74 Å². The largest absolute Gasteiger partial charge is 0.457 e. The fourth-order valence-corrected chi connectivity index (χ4v) is 4.51. The number of aromatic nitrogens is 1. The molecule has 2 aromatic rings. The molecule has 1 heterocycles. The van der Waals surface area contributed by atoms with Crippen molar-refractivity contribution in [2.45, 2.75) is 75.5 Å². The van der Waals surface area contributed by atoms with E-state index in [0.717, 1.165) is 39.2 Å². The van der Waals surface area contributed by atoms with Crippen LogP contribution in [0.4, 0.5) is 4.79 Å². The van der Waals surface area contributed by atoms with Crippen molar-refractivity contribution in [3.05, 3.63) is 24.3 Å². The summed E-state index contributed by atoms with van der Waals surface area (Å²) in [5, 5.41) is -0.241. The zero-order chi connectivity index (χ0) is 17.7. The normalized spacial score (nSPS) is 11.1. The highest BCUT2D eigenvalue weighted by molar-refractivity contribution is 8.14. The lowest BCUT2D eigenvalue weighted by atomic mass is 10.1. The number of carbonyl (C=O) groups is 1. The van der Waals surface area contributed by atoms with Gasteiger partial charge in [-0.2, -0.15) is 0 Å². The van der Waals surface area contributed by atoms with E-state index in [0.29, 0.717) is 6.61 Å². The molecule has 25 heavy (non-hydrogen) atoms. The summed E-state index contributed by atoms with van der Waals surface area (Å²) >= 11 is 2.63. The van der Waals surface area contributed by atoms with Gasteiger partial charge >= 0.3 is 5.30 Å². The Bertz CT molecular complexity index is 594. The van der Waals surface area contributed by atoms with Crippen molar-refractivity contribution >= 4 is 38.6 Å². The summed E-state index contributed by atoms with van der Waals surface area (Å²) in [6.07, 6.45) is 12.8. The molecule has 1 aromatic carbocycles. The molecule has 0 aliphatic carbocycles. The van der Waals surface area contributed by atoms with Crippen LogP contribution in [0.1, 0.15) is 71.1 Å². The molecule has 0 aliphatic heterocycles. The number of thioether (sulfide) groups is 1. The summed E-state index contributed by atoms with van der Waals surface area (Å²) in [5.41, 5.74) is 0.942. The molecule has 5 heteroatoms. The number of hydrogen-bond acceptors (Lipinski definition) is 5. The molecule has 3 nitrogen and oxygen atoms in total. The molecule has 0 atom stereocenters. The van der Waals surface area contributed by atoms with E-state index in [2.05, 4.69) is 11.9 Å². The Labute approximate surface area is 159 Å². The van der Waals surface area contributed by atoms with Crippen molar-refractivity contribution in [1.29, 1.82) is 0 Å². The SMILES string of the molecule is CCCCCCCCCCCCOC(=O)Sc1nc2ccccc2s1. The summed E-state index contributed by atoms with van der Waals surface area (Å²) in [7, 11) is 0. The van der Waals surface area contributed by atoms with E-state index in [1.807, 2.05) is 24.3 Å². The van der Waals surface area contributed by atoms with Crippen molar-refractivity contribution in [2.75, 3.05) is 6.61 Å². The standard InChI is InChI=1S/C20H29NO2S2/c1-2-3-4-5-6-7-8-9-10-13-16-23-20(22)25-19-21-17-14-11-12-15-18(17)24-19/h11-12,14-15H,2-10,13,16H2,1H3. The molecule has 2 rings (SSSR count). The summed E-state index contributed by atoms with van der Waals surface area (Å²) in [4.78, 5) is 16.3. The van der Waals surface area contributed by atoms with Crippen LogP contribution in [0.25, 0.3) is 10.2 Å². The molecule has 138 valence electrons. The highest BCUT2D eigenvalue weighted by Crippen LogP contribution is 2.30. The molecule has 1 aromatic heterocycles. The summed E-state index contributed by atoms with van der Waals surface area (Å²) in [6, 6.07) is 7.93. The second-order valence-electron chi connectivity index (χ2n) is 6.33. The number of fused-ring (bicyclic) bond motifs is 1. The van der Waals surface area contributed by atoms with Crippen molar-refractivity contribution in [3.8, 4) is 0 Å². The number of para-hydroxylation sites is 1. The molecular formula is C20H29NO2S2. The quantitative estimate of drug-likeness (QED) is 0.218. The summed E-state index contributed by atoms with van der Waals surface area (Å²) in [6.45, 7) is 2.78. The van der Waals surface area contributed by atoms with Gasteiger partial charge in [0, 0.05) is 11.8 Å². The topological polar surface area (TPSA) is 39.2 Å². The molecule has 0 saturated carbocycles. The number of ether oxygens (including phenoxy) is 1. The Hall–Kier alpha value is -1.07. The minimum atomic E-state index is -0.241. The van der Waals surface area contributed by atoms with Gasteiger partial charge in [0.2, 0.25) is 0 Å². The number of thiazole rings is 1. The highest BCUT2D eigenvalue weighted by Gasteiger charge is 2.10.